The summed E-state index contributed by atoms with van der Waals surface area (Å²) in [5, 5.41) is 16.0. The number of thiophene rings is 1. The number of pyridine rings is 1. The normalized spacial score (nSPS) is 12.3. The van der Waals surface area contributed by atoms with E-state index in [1.807, 2.05) is 30.6 Å². The minimum absolute atomic E-state index is 0.659. The summed E-state index contributed by atoms with van der Waals surface area (Å²) in [4.78, 5) is 9.80. The van der Waals surface area contributed by atoms with Crippen molar-refractivity contribution in [3.8, 4) is 21.0 Å². The number of nitrogens with zero attached hydrogens (tertiary/aromatic N) is 4. The first-order valence-corrected chi connectivity index (χ1v) is 10.3. The summed E-state index contributed by atoms with van der Waals surface area (Å²) in [5.74, 6) is 0. The Balaban J connectivity index is 1.43. The van der Waals surface area contributed by atoms with Crippen LogP contribution in [-0.2, 0) is 6.54 Å². The van der Waals surface area contributed by atoms with Crippen LogP contribution in [0.3, 0.4) is 0 Å². The van der Waals surface area contributed by atoms with Crippen LogP contribution in [0.15, 0.2) is 53.1 Å². The minimum atomic E-state index is 0.659. The molecule has 1 aromatic carbocycles. The summed E-state index contributed by atoms with van der Waals surface area (Å²) < 4.78 is 0. The van der Waals surface area contributed by atoms with Crippen molar-refractivity contribution in [2.45, 2.75) is 6.54 Å². The minimum Gasteiger partial charge on any atom is -0.329 e. The van der Waals surface area contributed by atoms with Crippen LogP contribution in [0.5, 0.6) is 0 Å². The lowest BCUT2D eigenvalue weighted by Gasteiger charge is -2.08. The molecule has 4 heterocycles. The highest BCUT2D eigenvalue weighted by Gasteiger charge is 2.15. The number of nitrogens with one attached hydrogen (secondary N) is 1. The average molecular weight is 410 g/mol. The van der Waals surface area contributed by atoms with Crippen molar-refractivity contribution in [2.24, 2.45) is 4.99 Å². The zero-order chi connectivity index (χ0) is 18.2. The molecule has 0 fully saturated rings. The third-order valence-corrected chi connectivity index (χ3v) is 6.42. The lowest BCUT2D eigenvalue weighted by Crippen LogP contribution is -1.94. The van der Waals surface area contributed by atoms with E-state index < -0.39 is 0 Å². The zero-order valence-electron chi connectivity index (χ0n) is 13.9. The highest BCUT2D eigenvalue weighted by Crippen LogP contribution is 2.35. The Labute approximate surface area is 168 Å². The molecule has 1 aliphatic heterocycles. The standard InChI is InChI=1S/C19H12ClN5S2/c20-17-14-10-22-7-11(14)3-4-15(17)23-19-25-24-18(27-19)13-6-12(8-21-9-13)16-2-1-5-26-16/h1-6,8-10H,7H2,(H,23,25). The molecular weight excluding hydrogens is 398 g/mol. The summed E-state index contributed by atoms with van der Waals surface area (Å²) in [5.41, 5.74) is 4.93. The maximum absolute atomic E-state index is 6.50. The fourth-order valence-electron chi connectivity index (χ4n) is 2.88. The summed E-state index contributed by atoms with van der Waals surface area (Å²) in [7, 11) is 0. The monoisotopic (exact) mass is 409 g/mol. The van der Waals surface area contributed by atoms with Crippen molar-refractivity contribution in [2.75, 3.05) is 5.32 Å². The molecule has 4 aromatic rings. The molecule has 132 valence electrons. The molecule has 0 radical (unpaired) electrons. The van der Waals surface area contributed by atoms with Crippen LogP contribution in [0.1, 0.15) is 11.1 Å². The van der Waals surface area contributed by atoms with E-state index in [9.17, 15) is 0 Å². The van der Waals surface area contributed by atoms with Crippen molar-refractivity contribution in [1.29, 1.82) is 0 Å². The van der Waals surface area contributed by atoms with Crippen molar-refractivity contribution >= 4 is 51.3 Å². The van der Waals surface area contributed by atoms with E-state index in [1.165, 1.54) is 16.2 Å². The SMILES string of the molecule is Clc1c(Nc2nnc(-c3cncc(-c4cccs4)c3)s2)ccc2c1C=NC2. The van der Waals surface area contributed by atoms with Gasteiger partial charge >= 0.3 is 0 Å². The predicted octanol–water partition coefficient (Wildman–Crippen LogP) is 5.66. The van der Waals surface area contributed by atoms with E-state index in [2.05, 4.69) is 43.0 Å². The molecule has 0 unspecified atom stereocenters. The van der Waals surface area contributed by atoms with Gasteiger partial charge in [0.15, 0.2) is 5.01 Å². The fourth-order valence-corrected chi connectivity index (χ4v) is 4.61. The van der Waals surface area contributed by atoms with E-state index >= 15 is 0 Å². The van der Waals surface area contributed by atoms with Crippen LogP contribution in [0, 0.1) is 0 Å². The highest BCUT2D eigenvalue weighted by atomic mass is 35.5. The Kier molecular flexibility index (Phi) is 4.20. The maximum atomic E-state index is 6.50. The molecule has 0 atom stereocenters. The van der Waals surface area contributed by atoms with Gasteiger partial charge in [0.25, 0.3) is 0 Å². The van der Waals surface area contributed by atoms with Gasteiger partial charge in [-0.05, 0) is 29.1 Å². The molecule has 0 saturated carbocycles. The highest BCUT2D eigenvalue weighted by molar-refractivity contribution is 7.18. The summed E-state index contributed by atoms with van der Waals surface area (Å²) in [6.07, 6.45) is 5.48. The van der Waals surface area contributed by atoms with E-state index in [0.717, 1.165) is 32.9 Å². The molecular formula is C19H12ClN5S2. The smallest absolute Gasteiger partial charge is 0.210 e. The second kappa shape index (κ2) is 6.84. The summed E-state index contributed by atoms with van der Waals surface area (Å²) in [6.45, 7) is 0.686. The molecule has 5 rings (SSSR count). The first-order valence-electron chi connectivity index (χ1n) is 8.19. The van der Waals surface area contributed by atoms with Gasteiger partial charge in [-0.3, -0.25) is 9.98 Å². The van der Waals surface area contributed by atoms with Crippen LogP contribution >= 0.6 is 34.3 Å². The molecule has 0 spiro atoms. The van der Waals surface area contributed by atoms with Gasteiger partial charge in [0, 0.05) is 40.2 Å². The van der Waals surface area contributed by atoms with Gasteiger partial charge in [0.2, 0.25) is 5.13 Å². The van der Waals surface area contributed by atoms with Gasteiger partial charge in [0.05, 0.1) is 17.3 Å². The third kappa shape index (κ3) is 3.14. The first kappa shape index (κ1) is 16.6. The molecule has 0 aliphatic carbocycles. The molecule has 0 saturated heterocycles. The number of hydrogen-bond acceptors (Lipinski definition) is 7. The third-order valence-electron chi connectivity index (χ3n) is 4.21. The van der Waals surface area contributed by atoms with Crippen molar-refractivity contribution in [1.82, 2.24) is 15.2 Å². The van der Waals surface area contributed by atoms with E-state index in [0.29, 0.717) is 16.7 Å². The lowest BCUT2D eigenvalue weighted by atomic mass is 10.1. The molecule has 1 N–H and O–H groups in total. The number of anilines is 2. The van der Waals surface area contributed by atoms with E-state index in [1.54, 1.807) is 17.5 Å². The predicted molar refractivity (Wildman–Crippen MR) is 112 cm³/mol. The van der Waals surface area contributed by atoms with Crippen molar-refractivity contribution in [3.63, 3.8) is 0 Å². The fraction of sp³-hybridized carbons (Fsp3) is 0.0526. The second-order valence-corrected chi connectivity index (χ2v) is 8.25. The number of fused-ring (bicyclic) bond motifs is 1. The number of benzene rings is 1. The van der Waals surface area contributed by atoms with Crippen LogP contribution in [0.2, 0.25) is 5.02 Å². The average Bonchev–Trinajstić information content (AvgIpc) is 3.46. The first-order chi connectivity index (χ1) is 13.3. The molecule has 0 amide bonds. The Morgan fingerprint density at radius 3 is 2.89 bits per heavy atom. The number of hydrogen-bond donors (Lipinski definition) is 1. The van der Waals surface area contributed by atoms with Gasteiger partial charge < -0.3 is 5.32 Å². The van der Waals surface area contributed by atoms with Crippen LogP contribution in [0.25, 0.3) is 21.0 Å². The van der Waals surface area contributed by atoms with Gasteiger partial charge in [-0.25, -0.2) is 0 Å². The maximum Gasteiger partial charge on any atom is 0.210 e. The molecule has 3 aromatic heterocycles. The topological polar surface area (TPSA) is 63.1 Å². The summed E-state index contributed by atoms with van der Waals surface area (Å²) >= 11 is 9.65. The van der Waals surface area contributed by atoms with E-state index in [-0.39, 0.29) is 0 Å². The van der Waals surface area contributed by atoms with Gasteiger partial charge in [0.1, 0.15) is 0 Å². The molecule has 1 aliphatic rings. The molecule has 0 bridgehead atoms. The van der Waals surface area contributed by atoms with E-state index in [4.69, 9.17) is 11.6 Å². The second-order valence-electron chi connectivity index (χ2n) is 5.95. The summed E-state index contributed by atoms with van der Waals surface area (Å²) in [6, 6.07) is 10.2. The van der Waals surface area contributed by atoms with Crippen molar-refractivity contribution in [3.05, 3.63) is 64.3 Å². The van der Waals surface area contributed by atoms with Gasteiger partial charge in [-0.15, -0.1) is 21.5 Å². The van der Waals surface area contributed by atoms with Gasteiger partial charge in [-0.2, -0.15) is 0 Å². The van der Waals surface area contributed by atoms with Gasteiger partial charge in [-0.1, -0.05) is 35.1 Å². The molecule has 27 heavy (non-hydrogen) atoms. The Morgan fingerprint density at radius 2 is 2.00 bits per heavy atom. The Morgan fingerprint density at radius 1 is 1.07 bits per heavy atom. The number of aromatic nitrogens is 3. The lowest BCUT2D eigenvalue weighted by molar-refractivity contribution is 1.09. The zero-order valence-corrected chi connectivity index (χ0v) is 16.3. The largest absolute Gasteiger partial charge is 0.329 e. The Hall–Kier alpha value is -2.61. The van der Waals surface area contributed by atoms with Crippen molar-refractivity contribution < 1.29 is 0 Å². The van der Waals surface area contributed by atoms with Crippen LogP contribution < -0.4 is 5.32 Å². The van der Waals surface area contributed by atoms with Crippen LogP contribution in [0.4, 0.5) is 10.8 Å². The number of aliphatic imine (C=N–C) groups is 1. The quantitative estimate of drug-likeness (QED) is 0.472. The molecule has 8 heteroatoms. The number of rotatable bonds is 4. The van der Waals surface area contributed by atoms with Crippen LogP contribution in [-0.4, -0.2) is 21.4 Å². The number of halogens is 1. The molecule has 5 nitrogen and oxygen atoms in total. The Bertz CT molecular complexity index is 1150.